The van der Waals surface area contributed by atoms with E-state index in [0.717, 1.165) is 38.0 Å². The molecular formula is C15H24N4O. The molecule has 1 aromatic heterocycles. The SMILES string of the molecule is CCn1cnnc1[C@H]1CN(C[C@H]2CC=CCC2)CCO1. The van der Waals surface area contributed by atoms with Crippen molar-refractivity contribution in [2.24, 2.45) is 5.92 Å². The smallest absolute Gasteiger partial charge is 0.163 e. The average molecular weight is 276 g/mol. The molecule has 20 heavy (non-hydrogen) atoms. The van der Waals surface area contributed by atoms with Crippen LogP contribution in [-0.2, 0) is 11.3 Å². The zero-order valence-electron chi connectivity index (χ0n) is 12.2. The lowest BCUT2D eigenvalue weighted by Crippen LogP contribution is -2.41. The van der Waals surface area contributed by atoms with Crippen LogP contribution in [0.3, 0.4) is 0 Å². The third kappa shape index (κ3) is 3.10. The fraction of sp³-hybridized carbons (Fsp3) is 0.733. The van der Waals surface area contributed by atoms with Gasteiger partial charge in [0.05, 0.1) is 6.61 Å². The van der Waals surface area contributed by atoms with E-state index < -0.39 is 0 Å². The molecular weight excluding hydrogens is 252 g/mol. The second-order valence-corrected chi connectivity index (χ2v) is 5.74. The van der Waals surface area contributed by atoms with Gasteiger partial charge in [-0.05, 0) is 32.1 Å². The molecule has 1 aliphatic carbocycles. The summed E-state index contributed by atoms with van der Waals surface area (Å²) in [6, 6.07) is 0. The van der Waals surface area contributed by atoms with Gasteiger partial charge in [-0.25, -0.2) is 0 Å². The molecule has 0 saturated carbocycles. The lowest BCUT2D eigenvalue weighted by molar-refractivity contribution is -0.0406. The molecule has 5 heteroatoms. The molecule has 2 aliphatic rings. The van der Waals surface area contributed by atoms with Crippen molar-refractivity contribution in [2.45, 2.75) is 38.8 Å². The monoisotopic (exact) mass is 276 g/mol. The van der Waals surface area contributed by atoms with Crippen LogP contribution in [0.5, 0.6) is 0 Å². The maximum absolute atomic E-state index is 5.91. The third-order valence-corrected chi connectivity index (χ3v) is 4.32. The molecule has 3 rings (SSSR count). The van der Waals surface area contributed by atoms with Gasteiger partial charge in [-0.15, -0.1) is 10.2 Å². The van der Waals surface area contributed by atoms with Gasteiger partial charge in [0.25, 0.3) is 0 Å². The normalized spacial score (nSPS) is 27.9. The Morgan fingerprint density at radius 1 is 1.40 bits per heavy atom. The van der Waals surface area contributed by atoms with Crippen LogP contribution in [0.15, 0.2) is 18.5 Å². The van der Waals surface area contributed by atoms with Crippen molar-refractivity contribution in [1.29, 1.82) is 0 Å². The predicted molar refractivity (Wildman–Crippen MR) is 77.3 cm³/mol. The van der Waals surface area contributed by atoms with E-state index >= 15 is 0 Å². The minimum atomic E-state index is 0.0744. The number of aryl methyl sites for hydroxylation is 1. The van der Waals surface area contributed by atoms with Crippen molar-refractivity contribution >= 4 is 0 Å². The summed E-state index contributed by atoms with van der Waals surface area (Å²) in [6.07, 6.45) is 10.3. The van der Waals surface area contributed by atoms with E-state index in [1.807, 2.05) is 0 Å². The highest BCUT2D eigenvalue weighted by Gasteiger charge is 2.27. The van der Waals surface area contributed by atoms with Gasteiger partial charge in [0.2, 0.25) is 0 Å². The van der Waals surface area contributed by atoms with E-state index in [0.29, 0.717) is 0 Å². The molecule has 1 fully saturated rings. The van der Waals surface area contributed by atoms with Crippen molar-refractivity contribution in [3.05, 3.63) is 24.3 Å². The molecule has 0 unspecified atom stereocenters. The first kappa shape index (κ1) is 13.8. The summed E-state index contributed by atoms with van der Waals surface area (Å²) < 4.78 is 7.99. The molecule has 0 radical (unpaired) electrons. The second kappa shape index (κ2) is 6.50. The molecule has 5 nitrogen and oxygen atoms in total. The van der Waals surface area contributed by atoms with Crippen LogP contribution in [0, 0.1) is 5.92 Å². The summed E-state index contributed by atoms with van der Waals surface area (Å²) in [6.45, 7) is 6.97. The van der Waals surface area contributed by atoms with Crippen molar-refractivity contribution in [3.63, 3.8) is 0 Å². The van der Waals surface area contributed by atoms with Gasteiger partial charge in [-0.3, -0.25) is 4.90 Å². The van der Waals surface area contributed by atoms with Gasteiger partial charge in [-0.2, -0.15) is 0 Å². The van der Waals surface area contributed by atoms with Crippen molar-refractivity contribution in [2.75, 3.05) is 26.2 Å². The number of hydrogen-bond donors (Lipinski definition) is 0. The molecule has 0 amide bonds. The number of allylic oxidation sites excluding steroid dienone is 2. The summed E-state index contributed by atoms with van der Waals surface area (Å²) in [4.78, 5) is 2.53. The minimum Gasteiger partial charge on any atom is -0.368 e. The summed E-state index contributed by atoms with van der Waals surface area (Å²) >= 11 is 0. The highest BCUT2D eigenvalue weighted by Crippen LogP contribution is 2.24. The number of aromatic nitrogens is 3. The fourth-order valence-electron chi connectivity index (χ4n) is 3.17. The van der Waals surface area contributed by atoms with Crippen LogP contribution in [0.4, 0.5) is 0 Å². The summed E-state index contributed by atoms with van der Waals surface area (Å²) in [5.41, 5.74) is 0. The Labute approximate surface area is 120 Å². The molecule has 0 bridgehead atoms. The summed E-state index contributed by atoms with van der Waals surface area (Å²) in [5.74, 6) is 1.78. The highest BCUT2D eigenvalue weighted by molar-refractivity contribution is 4.96. The number of hydrogen-bond acceptors (Lipinski definition) is 4. The van der Waals surface area contributed by atoms with Gasteiger partial charge < -0.3 is 9.30 Å². The second-order valence-electron chi connectivity index (χ2n) is 5.74. The Morgan fingerprint density at radius 2 is 2.35 bits per heavy atom. The molecule has 1 aliphatic heterocycles. The Balaban J connectivity index is 1.60. The quantitative estimate of drug-likeness (QED) is 0.789. The highest BCUT2D eigenvalue weighted by atomic mass is 16.5. The average Bonchev–Trinajstić information content (AvgIpc) is 2.97. The first-order chi connectivity index (χ1) is 9.86. The van der Waals surface area contributed by atoms with E-state index in [9.17, 15) is 0 Å². The van der Waals surface area contributed by atoms with E-state index in [4.69, 9.17) is 4.74 Å². The number of nitrogens with zero attached hydrogens (tertiary/aromatic N) is 4. The lowest BCUT2D eigenvalue weighted by atomic mass is 9.93. The fourth-order valence-corrected chi connectivity index (χ4v) is 3.17. The van der Waals surface area contributed by atoms with Crippen LogP contribution in [0.2, 0.25) is 0 Å². The minimum absolute atomic E-state index is 0.0744. The van der Waals surface area contributed by atoms with Gasteiger partial charge in [0.1, 0.15) is 12.4 Å². The number of rotatable bonds is 4. The number of ether oxygens (including phenoxy) is 1. The van der Waals surface area contributed by atoms with E-state index in [1.54, 1.807) is 6.33 Å². The van der Waals surface area contributed by atoms with Gasteiger partial charge in [-0.1, -0.05) is 12.2 Å². The molecule has 0 spiro atoms. The standard InChI is InChI=1S/C15H24N4O/c1-2-19-12-16-17-15(19)14-11-18(8-9-20-14)10-13-6-4-3-5-7-13/h3-4,12-14H,2,5-11H2,1H3/t13-,14+/m0/s1. The number of morpholine rings is 1. The molecule has 1 saturated heterocycles. The van der Waals surface area contributed by atoms with Crippen LogP contribution in [0.25, 0.3) is 0 Å². The van der Waals surface area contributed by atoms with Crippen LogP contribution >= 0.6 is 0 Å². The summed E-state index contributed by atoms with van der Waals surface area (Å²) in [5, 5.41) is 8.26. The maximum Gasteiger partial charge on any atom is 0.163 e. The largest absolute Gasteiger partial charge is 0.368 e. The van der Waals surface area contributed by atoms with Crippen molar-refractivity contribution < 1.29 is 4.74 Å². The Morgan fingerprint density at radius 3 is 3.15 bits per heavy atom. The van der Waals surface area contributed by atoms with Crippen molar-refractivity contribution in [3.8, 4) is 0 Å². The Kier molecular flexibility index (Phi) is 4.47. The topological polar surface area (TPSA) is 43.2 Å². The zero-order chi connectivity index (χ0) is 13.8. The van der Waals surface area contributed by atoms with Gasteiger partial charge >= 0.3 is 0 Å². The molecule has 0 N–H and O–H groups in total. The molecule has 2 atom stereocenters. The molecule has 1 aromatic rings. The molecule has 0 aromatic carbocycles. The van der Waals surface area contributed by atoms with Crippen LogP contribution in [-0.4, -0.2) is 45.9 Å². The van der Waals surface area contributed by atoms with Crippen LogP contribution < -0.4 is 0 Å². The first-order valence-electron chi connectivity index (χ1n) is 7.73. The zero-order valence-corrected chi connectivity index (χ0v) is 12.2. The Hall–Kier alpha value is -1.20. The predicted octanol–water partition coefficient (Wildman–Crippen LogP) is 2.03. The Bertz CT molecular complexity index is 456. The molecule has 2 heterocycles. The summed E-state index contributed by atoms with van der Waals surface area (Å²) in [7, 11) is 0. The van der Waals surface area contributed by atoms with E-state index in [1.165, 1.54) is 25.8 Å². The maximum atomic E-state index is 5.91. The van der Waals surface area contributed by atoms with Gasteiger partial charge in [0, 0.05) is 26.2 Å². The van der Waals surface area contributed by atoms with E-state index in [-0.39, 0.29) is 6.10 Å². The lowest BCUT2D eigenvalue weighted by Gasteiger charge is -2.35. The van der Waals surface area contributed by atoms with Gasteiger partial charge in [0.15, 0.2) is 5.82 Å². The first-order valence-corrected chi connectivity index (χ1v) is 7.73. The van der Waals surface area contributed by atoms with Crippen LogP contribution in [0.1, 0.15) is 38.1 Å². The van der Waals surface area contributed by atoms with E-state index in [2.05, 4.69) is 38.7 Å². The van der Waals surface area contributed by atoms with Crippen molar-refractivity contribution in [1.82, 2.24) is 19.7 Å². The molecule has 110 valence electrons. The third-order valence-electron chi connectivity index (χ3n) is 4.32.